The van der Waals surface area contributed by atoms with Crippen molar-refractivity contribution in [1.29, 1.82) is 0 Å². The fourth-order valence-electron chi connectivity index (χ4n) is 3.27. The SMILES string of the molecule is CC(=O)N1CCN(C(=O)c2ccc(C(=O)N3CCCC3)cc2)CC1. The zero-order chi connectivity index (χ0) is 17.1. The minimum atomic E-state index is -0.0432. The van der Waals surface area contributed by atoms with Gasteiger partial charge in [0.1, 0.15) is 0 Å². The minimum Gasteiger partial charge on any atom is -0.339 e. The summed E-state index contributed by atoms with van der Waals surface area (Å²) in [6.07, 6.45) is 2.13. The van der Waals surface area contributed by atoms with Gasteiger partial charge < -0.3 is 14.7 Å². The normalized spacial score (nSPS) is 18.0. The molecule has 0 aromatic heterocycles. The summed E-state index contributed by atoms with van der Waals surface area (Å²) < 4.78 is 0. The smallest absolute Gasteiger partial charge is 0.253 e. The molecule has 24 heavy (non-hydrogen) atoms. The Hall–Kier alpha value is -2.37. The van der Waals surface area contributed by atoms with Crippen LogP contribution in [0.1, 0.15) is 40.5 Å². The molecule has 0 saturated carbocycles. The van der Waals surface area contributed by atoms with Crippen molar-refractivity contribution in [2.24, 2.45) is 0 Å². The minimum absolute atomic E-state index is 0.0431. The molecule has 0 N–H and O–H groups in total. The van der Waals surface area contributed by atoms with E-state index < -0.39 is 0 Å². The molecule has 0 spiro atoms. The van der Waals surface area contributed by atoms with Crippen LogP contribution in [0, 0.1) is 0 Å². The number of carbonyl (C=O) groups excluding carboxylic acids is 3. The number of piperazine rings is 1. The van der Waals surface area contributed by atoms with Gasteiger partial charge in [0.25, 0.3) is 11.8 Å². The topological polar surface area (TPSA) is 60.9 Å². The van der Waals surface area contributed by atoms with Crippen LogP contribution in [0.3, 0.4) is 0 Å². The van der Waals surface area contributed by atoms with Crippen LogP contribution < -0.4 is 0 Å². The molecule has 0 atom stereocenters. The van der Waals surface area contributed by atoms with Gasteiger partial charge >= 0.3 is 0 Å². The lowest BCUT2D eigenvalue weighted by Gasteiger charge is -2.34. The van der Waals surface area contributed by atoms with Crippen molar-refractivity contribution < 1.29 is 14.4 Å². The highest BCUT2D eigenvalue weighted by Crippen LogP contribution is 2.15. The number of benzene rings is 1. The van der Waals surface area contributed by atoms with Crippen molar-refractivity contribution in [3.05, 3.63) is 35.4 Å². The molecule has 6 heteroatoms. The zero-order valence-electron chi connectivity index (χ0n) is 14.0. The standard InChI is InChI=1S/C18H23N3O3/c1-14(22)19-10-12-21(13-11-19)18(24)16-6-4-15(5-7-16)17(23)20-8-2-3-9-20/h4-7H,2-3,8-13H2,1H3. The summed E-state index contributed by atoms with van der Waals surface area (Å²) >= 11 is 0. The van der Waals surface area contributed by atoms with E-state index in [0.717, 1.165) is 25.9 Å². The zero-order valence-corrected chi connectivity index (χ0v) is 14.0. The van der Waals surface area contributed by atoms with Gasteiger partial charge in [-0.2, -0.15) is 0 Å². The molecule has 2 fully saturated rings. The van der Waals surface area contributed by atoms with E-state index in [-0.39, 0.29) is 17.7 Å². The van der Waals surface area contributed by atoms with E-state index in [9.17, 15) is 14.4 Å². The van der Waals surface area contributed by atoms with E-state index >= 15 is 0 Å². The van der Waals surface area contributed by atoms with Crippen LogP contribution in [-0.4, -0.2) is 71.7 Å². The summed E-state index contributed by atoms with van der Waals surface area (Å²) in [6, 6.07) is 6.92. The molecular weight excluding hydrogens is 306 g/mol. The molecule has 1 aromatic rings. The van der Waals surface area contributed by atoms with Gasteiger partial charge in [-0.15, -0.1) is 0 Å². The number of hydrogen-bond acceptors (Lipinski definition) is 3. The largest absolute Gasteiger partial charge is 0.339 e. The summed E-state index contributed by atoms with van der Waals surface area (Å²) in [7, 11) is 0. The highest BCUT2D eigenvalue weighted by atomic mass is 16.2. The third-order valence-electron chi connectivity index (χ3n) is 4.78. The molecule has 128 valence electrons. The van der Waals surface area contributed by atoms with E-state index in [4.69, 9.17) is 0 Å². The predicted molar refractivity (Wildman–Crippen MR) is 89.7 cm³/mol. The van der Waals surface area contributed by atoms with Crippen LogP contribution in [0.15, 0.2) is 24.3 Å². The highest BCUT2D eigenvalue weighted by molar-refractivity contribution is 5.98. The van der Waals surface area contributed by atoms with Crippen LogP contribution in [0.25, 0.3) is 0 Å². The first-order chi connectivity index (χ1) is 11.6. The first-order valence-electron chi connectivity index (χ1n) is 8.50. The lowest BCUT2D eigenvalue weighted by atomic mass is 10.1. The van der Waals surface area contributed by atoms with E-state index in [1.54, 1.807) is 41.0 Å². The van der Waals surface area contributed by atoms with Gasteiger partial charge in [0.05, 0.1) is 0 Å². The first-order valence-corrected chi connectivity index (χ1v) is 8.50. The van der Waals surface area contributed by atoms with Crippen LogP contribution in [0.2, 0.25) is 0 Å². The second-order valence-electron chi connectivity index (χ2n) is 6.37. The fourth-order valence-corrected chi connectivity index (χ4v) is 3.27. The number of carbonyl (C=O) groups is 3. The Bertz CT molecular complexity index is 627. The van der Waals surface area contributed by atoms with Crippen LogP contribution in [0.4, 0.5) is 0 Å². The van der Waals surface area contributed by atoms with Gasteiger partial charge in [-0.1, -0.05) is 0 Å². The first kappa shape index (κ1) is 16.5. The lowest BCUT2D eigenvalue weighted by Crippen LogP contribution is -2.50. The summed E-state index contributed by atoms with van der Waals surface area (Å²) in [4.78, 5) is 41.6. The van der Waals surface area contributed by atoms with Gasteiger partial charge in [0.2, 0.25) is 5.91 Å². The summed E-state index contributed by atoms with van der Waals surface area (Å²) in [5.74, 6) is 0.0480. The molecule has 2 aliphatic rings. The molecule has 0 unspecified atom stereocenters. The Labute approximate surface area is 142 Å². The van der Waals surface area contributed by atoms with Crippen molar-refractivity contribution >= 4 is 17.7 Å². The molecule has 2 aliphatic heterocycles. The molecule has 3 amide bonds. The average molecular weight is 329 g/mol. The van der Waals surface area contributed by atoms with Crippen LogP contribution in [0.5, 0.6) is 0 Å². The molecular formula is C18H23N3O3. The van der Waals surface area contributed by atoms with Crippen molar-refractivity contribution in [3.8, 4) is 0 Å². The number of likely N-dealkylation sites (tertiary alicyclic amines) is 1. The summed E-state index contributed by atoms with van der Waals surface area (Å²) in [6.45, 7) is 5.44. The number of amides is 3. The highest BCUT2D eigenvalue weighted by Gasteiger charge is 2.24. The predicted octanol–water partition coefficient (Wildman–Crippen LogP) is 1.23. The maximum Gasteiger partial charge on any atom is 0.253 e. The fraction of sp³-hybridized carbons (Fsp3) is 0.500. The van der Waals surface area contributed by atoms with E-state index in [2.05, 4.69) is 0 Å². The van der Waals surface area contributed by atoms with Crippen LogP contribution in [-0.2, 0) is 4.79 Å². The second kappa shape index (κ2) is 7.03. The molecule has 0 aliphatic carbocycles. The Morgan fingerprint density at radius 3 is 1.46 bits per heavy atom. The third kappa shape index (κ3) is 3.42. The number of nitrogens with zero attached hydrogens (tertiary/aromatic N) is 3. The number of hydrogen-bond donors (Lipinski definition) is 0. The van der Waals surface area contributed by atoms with Crippen LogP contribution >= 0.6 is 0 Å². The average Bonchev–Trinajstić information content (AvgIpc) is 3.15. The third-order valence-corrected chi connectivity index (χ3v) is 4.78. The Balaban J connectivity index is 1.62. The van der Waals surface area contributed by atoms with Crippen molar-refractivity contribution in [2.75, 3.05) is 39.3 Å². The summed E-state index contributed by atoms with van der Waals surface area (Å²) in [5.41, 5.74) is 1.22. The monoisotopic (exact) mass is 329 g/mol. The van der Waals surface area contributed by atoms with E-state index in [1.807, 2.05) is 4.90 Å². The maximum absolute atomic E-state index is 12.5. The van der Waals surface area contributed by atoms with E-state index in [1.165, 1.54) is 0 Å². The van der Waals surface area contributed by atoms with Crippen molar-refractivity contribution in [3.63, 3.8) is 0 Å². The maximum atomic E-state index is 12.5. The second-order valence-corrected chi connectivity index (χ2v) is 6.37. The van der Waals surface area contributed by atoms with E-state index in [0.29, 0.717) is 37.3 Å². The lowest BCUT2D eigenvalue weighted by molar-refractivity contribution is -0.130. The molecule has 0 radical (unpaired) electrons. The quantitative estimate of drug-likeness (QED) is 0.820. The van der Waals surface area contributed by atoms with Gasteiger partial charge in [-0.25, -0.2) is 0 Å². The van der Waals surface area contributed by atoms with Gasteiger partial charge in [-0.3, -0.25) is 14.4 Å². The Morgan fingerprint density at radius 2 is 1.04 bits per heavy atom. The molecule has 2 saturated heterocycles. The van der Waals surface area contributed by atoms with Gasteiger partial charge in [0.15, 0.2) is 0 Å². The molecule has 1 aromatic carbocycles. The Kier molecular flexibility index (Phi) is 4.83. The Morgan fingerprint density at radius 1 is 0.667 bits per heavy atom. The van der Waals surface area contributed by atoms with Crippen molar-refractivity contribution in [2.45, 2.75) is 19.8 Å². The molecule has 2 heterocycles. The van der Waals surface area contributed by atoms with Crippen molar-refractivity contribution in [1.82, 2.24) is 14.7 Å². The molecule has 0 bridgehead atoms. The molecule has 3 rings (SSSR count). The summed E-state index contributed by atoms with van der Waals surface area (Å²) in [5, 5.41) is 0. The molecule has 6 nitrogen and oxygen atoms in total. The van der Waals surface area contributed by atoms with Gasteiger partial charge in [-0.05, 0) is 37.1 Å². The number of rotatable bonds is 2. The van der Waals surface area contributed by atoms with Gasteiger partial charge in [0, 0.05) is 57.3 Å².